The van der Waals surface area contributed by atoms with E-state index in [0.29, 0.717) is 18.7 Å². The van der Waals surface area contributed by atoms with Crippen LogP contribution in [0.15, 0.2) is 60.8 Å². The average Bonchev–Trinajstić information content (AvgIpc) is 3.02. The molecular formula is C23H25FN4. The third-order valence-corrected chi connectivity index (χ3v) is 5.17. The topological polar surface area (TPSA) is 33.1 Å². The first-order valence-electron chi connectivity index (χ1n) is 9.60. The number of nitrogens with one attached hydrogen (secondary N) is 1. The molecule has 0 aliphatic carbocycles. The van der Waals surface area contributed by atoms with E-state index in [4.69, 9.17) is 0 Å². The molecule has 0 radical (unpaired) electrons. The second-order valence-electron chi connectivity index (χ2n) is 7.24. The van der Waals surface area contributed by atoms with Gasteiger partial charge < -0.3 is 14.8 Å². The second kappa shape index (κ2) is 8.09. The molecule has 0 aliphatic heterocycles. The van der Waals surface area contributed by atoms with E-state index in [-0.39, 0.29) is 5.82 Å². The lowest BCUT2D eigenvalue weighted by Crippen LogP contribution is -2.23. The molecule has 0 fully saturated rings. The number of nitrogens with zero attached hydrogens (tertiary/aromatic N) is 3. The van der Waals surface area contributed by atoms with Crippen LogP contribution in [0.3, 0.4) is 0 Å². The molecule has 4 aromatic rings. The Kier molecular flexibility index (Phi) is 5.37. The van der Waals surface area contributed by atoms with Gasteiger partial charge in [0.05, 0.1) is 5.52 Å². The van der Waals surface area contributed by atoms with Crippen molar-refractivity contribution in [2.24, 2.45) is 0 Å². The molecule has 4 nitrogen and oxygen atoms in total. The van der Waals surface area contributed by atoms with Crippen LogP contribution in [0.25, 0.3) is 21.9 Å². The molecule has 144 valence electrons. The molecule has 0 saturated carbocycles. The number of likely N-dealkylation sites (N-methyl/N-ethyl adjacent to an activating group) is 1. The highest BCUT2D eigenvalue weighted by molar-refractivity contribution is 6.06. The lowest BCUT2D eigenvalue weighted by Gasteiger charge is -2.18. The summed E-state index contributed by atoms with van der Waals surface area (Å²) in [6, 6.07) is 18.1. The van der Waals surface area contributed by atoms with Gasteiger partial charge in [-0.1, -0.05) is 30.3 Å². The Balaban J connectivity index is 1.51. The minimum atomic E-state index is -0.146. The van der Waals surface area contributed by atoms with Gasteiger partial charge in [-0.3, -0.25) is 0 Å². The molecule has 0 spiro atoms. The highest BCUT2D eigenvalue weighted by Gasteiger charge is 2.12. The Morgan fingerprint density at radius 2 is 1.89 bits per heavy atom. The number of para-hydroxylation sites is 1. The van der Waals surface area contributed by atoms with Crippen molar-refractivity contribution in [3.05, 3.63) is 77.7 Å². The molecule has 1 N–H and O–H groups in total. The van der Waals surface area contributed by atoms with Crippen molar-refractivity contribution in [3.8, 4) is 0 Å². The zero-order chi connectivity index (χ0) is 19.5. The first kappa shape index (κ1) is 18.6. The van der Waals surface area contributed by atoms with Crippen LogP contribution in [-0.4, -0.2) is 35.1 Å². The van der Waals surface area contributed by atoms with Crippen LogP contribution in [0, 0.1) is 5.82 Å². The molecule has 0 amide bonds. The first-order chi connectivity index (χ1) is 13.7. The van der Waals surface area contributed by atoms with E-state index < -0.39 is 0 Å². The van der Waals surface area contributed by atoms with Crippen molar-refractivity contribution in [2.45, 2.75) is 19.6 Å². The van der Waals surface area contributed by atoms with E-state index in [2.05, 4.69) is 57.1 Å². The molecule has 0 atom stereocenters. The summed E-state index contributed by atoms with van der Waals surface area (Å²) in [5.74, 6) is -0.146. The summed E-state index contributed by atoms with van der Waals surface area (Å²) in [5, 5.41) is 5.41. The molecule has 2 aromatic heterocycles. The van der Waals surface area contributed by atoms with Gasteiger partial charge in [-0.05, 0) is 43.9 Å². The fourth-order valence-electron chi connectivity index (χ4n) is 3.78. The molecule has 2 aromatic carbocycles. The maximum Gasteiger partial charge on any atom is 0.140 e. The number of hydrogen-bond acceptors (Lipinski definition) is 3. The van der Waals surface area contributed by atoms with Gasteiger partial charge in [0.1, 0.15) is 11.5 Å². The summed E-state index contributed by atoms with van der Waals surface area (Å²) < 4.78 is 16.5. The van der Waals surface area contributed by atoms with E-state index in [9.17, 15) is 4.39 Å². The lowest BCUT2D eigenvalue weighted by molar-refractivity contribution is 0.314. The Bertz CT molecular complexity index is 1050. The standard InChI is InChI=1S/C23H25FN4/c1-25-15-18-10-9-17(14-21(18)24)16-27(2)12-13-28-22-8-4-3-6-19(22)20-7-5-11-26-23(20)28/h3-11,14,25H,12-13,15-16H2,1-2H3. The van der Waals surface area contributed by atoms with Gasteiger partial charge in [-0.25, -0.2) is 9.37 Å². The van der Waals surface area contributed by atoms with E-state index in [1.54, 1.807) is 6.07 Å². The normalized spacial score (nSPS) is 11.7. The summed E-state index contributed by atoms with van der Waals surface area (Å²) in [7, 11) is 3.89. The number of rotatable bonds is 7. The van der Waals surface area contributed by atoms with Gasteiger partial charge in [0.15, 0.2) is 0 Å². The fourth-order valence-corrected chi connectivity index (χ4v) is 3.78. The fraction of sp³-hybridized carbons (Fsp3) is 0.261. The molecule has 0 saturated heterocycles. The van der Waals surface area contributed by atoms with Crippen molar-refractivity contribution in [3.63, 3.8) is 0 Å². The van der Waals surface area contributed by atoms with Gasteiger partial charge in [-0.2, -0.15) is 0 Å². The number of hydrogen-bond donors (Lipinski definition) is 1. The van der Waals surface area contributed by atoms with Gasteiger partial charge in [0.2, 0.25) is 0 Å². The van der Waals surface area contributed by atoms with E-state index in [0.717, 1.165) is 24.3 Å². The van der Waals surface area contributed by atoms with E-state index >= 15 is 0 Å². The molecule has 0 aliphatic rings. The quantitative estimate of drug-likeness (QED) is 0.525. The predicted molar refractivity (Wildman–Crippen MR) is 113 cm³/mol. The van der Waals surface area contributed by atoms with Crippen LogP contribution < -0.4 is 5.32 Å². The maximum atomic E-state index is 14.2. The number of pyridine rings is 1. The summed E-state index contributed by atoms with van der Waals surface area (Å²) in [6.07, 6.45) is 1.84. The average molecular weight is 376 g/mol. The number of halogens is 1. The Morgan fingerprint density at radius 1 is 1.07 bits per heavy atom. The summed E-state index contributed by atoms with van der Waals surface area (Å²) in [4.78, 5) is 6.83. The third-order valence-electron chi connectivity index (χ3n) is 5.17. The van der Waals surface area contributed by atoms with Crippen molar-refractivity contribution < 1.29 is 4.39 Å². The Hall–Kier alpha value is -2.76. The minimum absolute atomic E-state index is 0.146. The van der Waals surface area contributed by atoms with Crippen molar-refractivity contribution in [1.82, 2.24) is 19.8 Å². The SMILES string of the molecule is CNCc1ccc(CN(C)CCn2c3ccccc3c3cccnc32)cc1F. The van der Waals surface area contributed by atoms with Crippen molar-refractivity contribution in [2.75, 3.05) is 20.6 Å². The Morgan fingerprint density at radius 3 is 2.71 bits per heavy atom. The molecule has 0 bridgehead atoms. The zero-order valence-corrected chi connectivity index (χ0v) is 16.3. The molecule has 5 heteroatoms. The number of aromatic nitrogens is 2. The highest BCUT2D eigenvalue weighted by atomic mass is 19.1. The monoisotopic (exact) mass is 376 g/mol. The molecular weight excluding hydrogens is 351 g/mol. The van der Waals surface area contributed by atoms with E-state index in [1.165, 1.54) is 16.3 Å². The highest BCUT2D eigenvalue weighted by Crippen LogP contribution is 2.27. The first-order valence-corrected chi connectivity index (χ1v) is 9.60. The predicted octanol–water partition coefficient (Wildman–Crippen LogP) is 4.18. The second-order valence-corrected chi connectivity index (χ2v) is 7.24. The smallest absolute Gasteiger partial charge is 0.140 e. The van der Waals surface area contributed by atoms with Crippen LogP contribution in [0.4, 0.5) is 4.39 Å². The molecule has 4 rings (SSSR count). The van der Waals surface area contributed by atoms with Crippen molar-refractivity contribution >= 4 is 21.9 Å². The number of benzene rings is 2. The van der Waals surface area contributed by atoms with Crippen molar-refractivity contribution in [1.29, 1.82) is 0 Å². The van der Waals surface area contributed by atoms with Gasteiger partial charge >= 0.3 is 0 Å². The third kappa shape index (κ3) is 3.63. The van der Waals surface area contributed by atoms with Crippen LogP contribution in [0.1, 0.15) is 11.1 Å². The van der Waals surface area contributed by atoms with Gasteiger partial charge in [0.25, 0.3) is 0 Å². The lowest BCUT2D eigenvalue weighted by atomic mass is 10.1. The summed E-state index contributed by atoms with van der Waals surface area (Å²) in [6.45, 7) is 2.94. The van der Waals surface area contributed by atoms with Crippen LogP contribution in [0.5, 0.6) is 0 Å². The van der Waals surface area contributed by atoms with E-state index in [1.807, 2.05) is 31.4 Å². The largest absolute Gasteiger partial charge is 0.324 e. The molecule has 0 unspecified atom stereocenters. The van der Waals surface area contributed by atoms with Crippen LogP contribution >= 0.6 is 0 Å². The summed E-state index contributed by atoms with van der Waals surface area (Å²) >= 11 is 0. The maximum absolute atomic E-state index is 14.2. The summed E-state index contributed by atoms with van der Waals surface area (Å²) in [5.41, 5.74) is 3.90. The Labute approximate surface area is 164 Å². The zero-order valence-electron chi connectivity index (χ0n) is 16.3. The molecule has 2 heterocycles. The van der Waals surface area contributed by atoms with Gasteiger partial charge in [-0.15, -0.1) is 0 Å². The minimum Gasteiger partial charge on any atom is -0.324 e. The van der Waals surface area contributed by atoms with Crippen LogP contribution in [0.2, 0.25) is 0 Å². The van der Waals surface area contributed by atoms with Crippen LogP contribution in [-0.2, 0) is 19.6 Å². The number of fused-ring (bicyclic) bond motifs is 3. The molecule has 28 heavy (non-hydrogen) atoms. The van der Waals surface area contributed by atoms with Gasteiger partial charge in [0, 0.05) is 48.7 Å².